The van der Waals surface area contributed by atoms with Crippen molar-refractivity contribution in [2.45, 2.75) is 13.5 Å². The molecule has 4 aromatic rings. The molecule has 0 spiro atoms. The van der Waals surface area contributed by atoms with Gasteiger partial charge in [-0.05, 0) is 36.8 Å². The number of aryl methyl sites for hydroxylation is 1. The molecule has 1 heterocycles. The fourth-order valence-corrected chi connectivity index (χ4v) is 3.12. The molecule has 0 saturated heterocycles. The van der Waals surface area contributed by atoms with Crippen molar-refractivity contribution in [3.63, 3.8) is 0 Å². The molecule has 0 atom stereocenters. The topological polar surface area (TPSA) is 34.9 Å². The van der Waals surface area contributed by atoms with E-state index in [9.17, 15) is 4.79 Å². The van der Waals surface area contributed by atoms with Crippen LogP contribution in [-0.4, -0.2) is 15.3 Å². The maximum Gasteiger partial charge on any atom is 0.185 e. The molecule has 0 fully saturated rings. The van der Waals surface area contributed by atoms with Crippen molar-refractivity contribution < 1.29 is 4.79 Å². The number of benzene rings is 3. The van der Waals surface area contributed by atoms with Crippen molar-refractivity contribution in [1.82, 2.24) is 9.55 Å². The van der Waals surface area contributed by atoms with Crippen LogP contribution in [0.5, 0.6) is 0 Å². The molecule has 132 valence electrons. The lowest BCUT2D eigenvalue weighted by Crippen LogP contribution is -2.02. The highest BCUT2D eigenvalue weighted by Crippen LogP contribution is 2.19. The van der Waals surface area contributed by atoms with Crippen molar-refractivity contribution in [2.75, 3.05) is 0 Å². The minimum atomic E-state index is -0.0201. The normalized spacial score (nSPS) is 11.3. The van der Waals surface area contributed by atoms with Gasteiger partial charge in [0.2, 0.25) is 0 Å². The molecule has 0 amide bonds. The van der Waals surface area contributed by atoms with Crippen molar-refractivity contribution in [1.29, 1.82) is 0 Å². The highest BCUT2D eigenvalue weighted by molar-refractivity contribution is 6.06. The zero-order valence-electron chi connectivity index (χ0n) is 15.2. The van der Waals surface area contributed by atoms with Gasteiger partial charge >= 0.3 is 0 Å². The van der Waals surface area contributed by atoms with Gasteiger partial charge in [-0.25, -0.2) is 4.98 Å². The van der Waals surface area contributed by atoms with Gasteiger partial charge in [-0.3, -0.25) is 4.79 Å². The molecule has 0 N–H and O–H groups in total. The Bertz CT molecular complexity index is 1110. The number of aromatic nitrogens is 2. The second-order valence-electron chi connectivity index (χ2n) is 6.59. The van der Waals surface area contributed by atoms with Crippen LogP contribution >= 0.6 is 0 Å². The maximum absolute atomic E-state index is 12.5. The molecule has 0 unspecified atom stereocenters. The monoisotopic (exact) mass is 352 g/mol. The van der Waals surface area contributed by atoms with Crippen LogP contribution in [-0.2, 0) is 6.54 Å². The molecule has 0 radical (unpaired) electrons. The number of fused-ring (bicyclic) bond motifs is 1. The van der Waals surface area contributed by atoms with Gasteiger partial charge in [-0.2, -0.15) is 0 Å². The number of nitrogens with zero attached hydrogens (tertiary/aromatic N) is 2. The average Bonchev–Trinajstić information content (AvgIpc) is 3.05. The number of ketones is 1. The van der Waals surface area contributed by atoms with Crippen LogP contribution in [0.15, 0.2) is 84.9 Å². The van der Waals surface area contributed by atoms with Gasteiger partial charge in [0, 0.05) is 12.1 Å². The second kappa shape index (κ2) is 7.42. The predicted octanol–water partition coefficient (Wildman–Crippen LogP) is 5.29. The Labute approximate surface area is 158 Å². The van der Waals surface area contributed by atoms with Crippen LogP contribution in [0.2, 0.25) is 0 Å². The summed E-state index contributed by atoms with van der Waals surface area (Å²) in [5, 5.41) is 0. The first kappa shape index (κ1) is 17.0. The minimum absolute atomic E-state index is 0.0201. The lowest BCUT2D eigenvalue weighted by molar-refractivity contribution is 0.104. The van der Waals surface area contributed by atoms with Crippen LogP contribution in [0.25, 0.3) is 17.1 Å². The Balaban J connectivity index is 1.69. The summed E-state index contributed by atoms with van der Waals surface area (Å²) in [4.78, 5) is 17.2. The van der Waals surface area contributed by atoms with Gasteiger partial charge in [-0.15, -0.1) is 0 Å². The second-order valence-corrected chi connectivity index (χ2v) is 6.59. The Kier molecular flexibility index (Phi) is 4.67. The summed E-state index contributed by atoms with van der Waals surface area (Å²) >= 11 is 0. The van der Waals surface area contributed by atoms with Crippen molar-refractivity contribution >= 4 is 22.9 Å². The number of para-hydroxylation sites is 2. The van der Waals surface area contributed by atoms with Crippen molar-refractivity contribution in [3.8, 4) is 0 Å². The van der Waals surface area contributed by atoms with E-state index in [2.05, 4.69) is 22.8 Å². The lowest BCUT2D eigenvalue weighted by atomic mass is 10.1. The van der Waals surface area contributed by atoms with E-state index in [-0.39, 0.29) is 5.78 Å². The number of hydrogen-bond donors (Lipinski definition) is 0. The third kappa shape index (κ3) is 3.72. The molecule has 4 rings (SSSR count). The molecular weight excluding hydrogens is 332 g/mol. The first-order valence-corrected chi connectivity index (χ1v) is 8.99. The summed E-state index contributed by atoms with van der Waals surface area (Å²) in [6.45, 7) is 2.72. The van der Waals surface area contributed by atoms with E-state index in [1.54, 1.807) is 6.08 Å². The molecule has 3 heteroatoms. The standard InChI is InChI=1S/C24H20N2O/c1-18-11-13-20(14-12-18)23(27)15-16-24-25-21-9-5-6-10-22(21)26(24)17-19-7-3-2-4-8-19/h2-16H,17H2,1H3/b16-15+. The van der Waals surface area contributed by atoms with Gasteiger partial charge in [0.1, 0.15) is 5.82 Å². The van der Waals surface area contributed by atoms with Crippen LogP contribution in [0.1, 0.15) is 27.3 Å². The van der Waals surface area contributed by atoms with Crippen LogP contribution in [0.3, 0.4) is 0 Å². The van der Waals surface area contributed by atoms with E-state index in [1.807, 2.05) is 73.7 Å². The molecule has 0 aliphatic rings. The Hall–Kier alpha value is -3.46. The maximum atomic E-state index is 12.5. The van der Waals surface area contributed by atoms with Gasteiger partial charge in [-0.1, -0.05) is 72.3 Å². The molecule has 0 bridgehead atoms. The molecular formula is C24H20N2O. The molecule has 3 nitrogen and oxygen atoms in total. The number of rotatable bonds is 5. The van der Waals surface area contributed by atoms with Crippen LogP contribution in [0, 0.1) is 6.92 Å². The van der Waals surface area contributed by atoms with Crippen LogP contribution < -0.4 is 0 Å². The summed E-state index contributed by atoms with van der Waals surface area (Å²) in [5.74, 6) is 0.758. The number of carbonyl (C=O) groups excluding carboxylic acids is 1. The van der Waals surface area contributed by atoms with E-state index >= 15 is 0 Å². The number of carbonyl (C=O) groups is 1. The van der Waals surface area contributed by atoms with E-state index in [0.717, 1.165) is 22.4 Å². The van der Waals surface area contributed by atoms with E-state index in [4.69, 9.17) is 4.98 Å². The Morgan fingerprint density at radius 1 is 0.926 bits per heavy atom. The Morgan fingerprint density at radius 2 is 1.63 bits per heavy atom. The first-order valence-electron chi connectivity index (χ1n) is 8.99. The predicted molar refractivity (Wildman–Crippen MR) is 110 cm³/mol. The number of imidazole rings is 1. The van der Waals surface area contributed by atoms with E-state index in [1.165, 1.54) is 5.56 Å². The first-order chi connectivity index (χ1) is 13.2. The summed E-state index contributed by atoms with van der Waals surface area (Å²) in [7, 11) is 0. The third-order valence-corrected chi connectivity index (χ3v) is 4.59. The molecule has 1 aromatic heterocycles. The largest absolute Gasteiger partial charge is 0.320 e. The summed E-state index contributed by atoms with van der Waals surface area (Å²) < 4.78 is 2.14. The quantitative estimate of drug-likeness (QED) is 0.361. The highest BCUT2D eigenvalue weighted by Gasteiger charge is 2.09. The van der Waals surface area contributed by atoms with Gasteiger partial charge in [0.25, 0.3) is 0 Å². The molecule has 0 aliphatic heterocycles. The molecule has 0 saturated carbocycles. The van der Waals surface area contributed by atoms with Crippen LogP contribution in [0.4, 0.5) is 0 Å². The fourth-order valence-electron chi connectivity index (χ4n) is 3.12. The Morgan fingerprint density at radius 3 is 2.41 bits per heavy atom. The average molecular weight is 352 g/mol. The highest BCUT2D eigenvalue weighted by atomic mass is 16.1. The summed E-state index contributed by atoms with van der Waals surface area (Å²) in [6.07, 6.45) is 3.42. The third-order valence-electron chi connectivity index (χ3n) is 4.59. The zero-order chi connectivity index (χ0) is 18.6. The minimum Gasteiger partial charge on any atom is -0.320 e. The van der Waals surface area contributed by atoms with Gasteiger partial charge in [0.05, 0.1) is 11.0 Å². The summed E-state index contributed by atoms with van der Waals surface area (Å²) in [6, 6.07) is 25.9. The van der Waals surface area contributed by atoms with E-state index in [0.29, 0.717) is 12.1 Å². The van der Waals surface area contributed by atoms with Crippen molar-refractivity contribution in [3.05, 3.63) is 107 Å². The van der Waals surface area contributed by atoms with Gasteiger partial charge in [0.15, 0.2) is 5.78 Å². The fraction of sp³-hybridized carbons (Fsp3) is 0.0833. The number of hydrogen-bond acceptors (Lipinski definition) is 2. The lowest BCUT2D eigenvalue weighted by Gasteiger charge is -2.07. The van der Waals surface area contributed by atoms with E-state index < -0.39 is 0 Å². The number of allylic oxidation sites excluding steroid dienone is 1. The smallest absolute Gasteiger partial charge is 0.185 e. The zero-order valence-corrected chi connectivity index (χ0v) is 15.2. The summed E-state index contributed by atoms with van der Waals surface area (Å²) in [5.41, 5.74) is 5.00. The van der Waals surface area contributed by atoms with Crippen molar-refractivity contribution in [2.24, 2.45) is 0 Å². The molecule has 27 heavy (non-hydrogen) atoms. The SMILES string of the molecule is Cc1ccc(C(=O)/C=C/c2nc3ccccc3n2Cc2ccccc2)cc1. The molecule has 0 aliphatic carbocycles. The molecule has 3 aromatic carbocycles. The van der Waals surface area contributed by atoms with Gasteiger partial charge < -0.3 is 4.57 Å².